The molecule has 3 aromatic carbocycles. The van der Waals surface area contributed by atoms with E-state index in [1.165, 1.54) is 0 Å². The Morgan fingerprint density at radius 3 is 2.28 bits per heavy atom. The third-order valence-electron chi connectivity index (χ3n) is 7.09. The highest BCUT2D eigenvalue weighted by Gasteiger charge is 2.29. The highest BCUT2D eigenvalue weighted by Crippen LogP contribution is 2.28. The number of carboxylic acid groups (broad SMARTS) is 1. The molecule has 7 heteroatoms. The number of rotatable bonds is 14. The fourth-order valence-corrected chi connectivity index (χ4v) is 4.69. The number of anilines is 1. The lowest BCUT2D eigenvalue weighted by Gasteiger charge is -2.31. The fraction of sp³-hybridized carbons (Fsp3) is 0.344. The molecule has 1 fully saturated rings. The quantitative estimate of drug-likeness (QED) is 0.271. The van der Waals surface area contributed by atoms with Crippen LogP contribution in [0.3, 0.4) is 0 Å². The first kappa shape index (κ1) is 27.9. The van der Waals surface area contributed by atoms with E-state index < -0.39 is 12.0 Å². The number of carbonyl (C=O) groups is 3. The second-order valence-corrected chi connectivity index (χ2v) is 9.93. The SMILES string of the molecule is CCCN(CCOc1ccc(C[C@H](Nc2ccccc2C(=O)c2ccccc2)C(=O)O)cc1)C(=O)C1CCC1. The number of ketones is 1. The van der Waals surface area contributed by atoms with Crippen molar-refractivity contribution in [3.63, 3.8) is 0 Å². The van der Waals surface area contributed by atoms with Gasteiger partial charge in [0.05, 0.1) is 6.54 Å². The molecule has 0 unspecified atom stereocenters. The predicted molar refractivity (Wildman–Crippen MR) is 151 cm³/mol. The van der Waals surface area contributed by atoms with E-state index >= 15 is 0 Å². The maximum absolute atomic E-state index is 13.0. The van der Waals surface area contributed by atoms with E-state index in [0.717, 1.165) is 37.8 Å². The Bertz CT molecular complexity index is 1260. The summed E-state index contributed by atoms with van der Waals surface area (Å²) >= 11 is 0. The second-order valence-electron chi connectivity index (χ2n) is 9.93. The van der Waals surface area contributed by atoms with Crippen LogP contribution in [0.4, 0.5) is 5.69 Å². The van der Waals surface area contributed by atoms with Crippen molar-refractivity contribution in [1.29, 1.82) is 0 Å². The summed E-state index contributed by atoms with van der Waals surface area (Å²) in [7, 11) is 0. The van der Waals surface area contributed by atoms with Crippen molar-refractivity contribution in [2.24, 2.45) is 5.92 Å². The monoisotopic (exact) mass is 528 g/mol. The molecule has 39 heavy (non-hydrogen) atoms. The number of aliphatic carboxylic acids is 1. The molecule has 7 nitrogen and oxygen atoms in total. The van der Waals surface area contributed by atoms with E-state index in [1.54, 1.807) is 48.5 Å². The zero-order valence-electron chi connectivity index (χ0n) is 22.3. The van der Waals surface area contributed by atoms with E-state index in [2.05, 4.69) is 12.2 Å². The summed E-state index contributed by atoms with van der Waals surface area (Å²) in [6.45, 7) is 3.77. The second kappa shape index (κ2) is 13.6. The first-order valence-corrected chi connectivity index (χ1v) is 13.6. The lowest BCUT2D eigenvalue weighted by molar-refractivity contribution is -0.139. The summed E-state index contributed by atoms with van der Waals surface area (Å²) in [4.78, 5) is 39.7. The first-order chi connectivity index (χ1) is 19.0. The van der Waals surface area contributed by atoms with Crippen molar-refractivity contribution < 1.29 is 24.2 Å². The van der Waals surface area contributed by atoms with Gasteiger partial charge in [-0.15, -0.1) is 0 Å². The molecule has 0 bridgehead atoms. The summed E-state index contributed by atoms with van der Waals surface area (Å²) in [5, 5.41) is 13.0. The predicted octanol–water partition coefficient (Wildman–Crippen LogP) is 5.44. The summed E-state index contributed by atoms with van der Waals surface area (Å²) in [6, 6.07) is 22.3. The summed E-state index contributed by atoms with van der Waals surface area (Å²) in [5.74, 6) is -0.0954. The highest BCUT2D eigenvalue weighted by atomic mass is 16.5. The summed E-state index contributed by atoms with van der Waals surface area (Å²) in [5.41, 5.74) is 2.26. The van der Waals surface area contributed by atoms with Crippen LogP contribution in [-0.2, 0) is 16.0 Å². The number of benzene rings is 3. The van der Waals surface area contributed by atoms with Gasteiger partial charge < -0.3 is 20.1 Å². The van der Waals surface area contributed by atoms with Crippen LogP contribution in [0.5, 0.6) is 5.75 Å². The average molecular weight is 529 g/mol. The lowest BCUT2D eigenvalue weighted by atomic mass is 9.84. The minimum Gasteiger partial charge on any atom is -0.492 e. The van der Waals surface area contributed by atoms with E-state index in [4.69, 9.17) is 4.74 Å². The van der Waals surface area contributed by atoms with Crippen LogP contribution in [0.1, 0.15) is 54.1 Å². The zero-order chi connectivity index (χ0) is 27.6. The molecule has 0 radical (unpaired) electrons. The average Bonchev–Trinajstić information content (AvgIpc) is 2.92. The van der Waals surface area contributed by atoms with Crippen LogP contribution < -0.4 is 10.1 Å². The molecule has 0 heterocycles. The van der Waals surface area contributed by atoms with Crippen LogP contribution >= 0.6 is 0 Å². The van der Waals surface area contributed by atoms with Crippen LogP contribution in [0, 0.1) is 5.92 Å². The molecule has 1 amide bonds. The van der Waals surface area contributed by atoms with Crippen LogP contribution in [0.2, 0.25) is 0 Å². The van der Waals surface area contributed by atoms with Gasteiger partial charge in [-0.2, -0.15) is 0 Å². The van der Waals surface area contributed by atoms with Crippen molar-refractivity contribution in [2.75, 3.05) is 25.0 Å². The minimum absolute atomic E-state index is 0.170. The number of ether oxygens (including phenoxy) is 1. The van der Waals surface area contributed by atoms with Gasteiger partial charge in [0.25, 0.3) is 0 Å². The van der Waals surface area contributed by atoms with E-state index in [1.807, 2.05) is 35.2 Å². The molecule has 0 aliphatic heterocycles. The van der Waals surface area contributed by atoms with E-state index in [0.29, 0.717) is 35.7 Å². The molecular weight excluding hydrogens is 492 g/mol. The van der Waals surface area contributed by atoms with Crippen molar-refractivity contribution in [2.45, 2.75) is 45.1 Å². The van der Waals surface area contributed by atoms with Gasteiger partial charge in [-0.05, 0) is 49.1 Å². The smallest absolute Gasteiger partial charge is 0.326 e. The van der Waals surface area contributed by atoms with Gasteiger partial charge in [-0.25, -0.2) is 4.79 Å². The maximum atomic E-state index is 13.0. The molecule has 1 aliphatic carbocycles. The Kier molecular flexibility index (Phi) is 9.73. The van der Waals surface area contributed by atoms with Crippen molar-refractivity contribution in [3.05, 3.63) is 95.6 Å². The van der Waals surface area contributed by atoms with Gasteiger partial charge in [0.15, 0.2) is 5.78 Å². The maximum Gasteiger partial charge on any atom is 0.326 e. The largest absolute Gasteiger partial charge is 0.492 e. The van der Waals surface area contributed by atoms with Crippen LogP contribution in [-0.4, -0.2) is 53.4 Å². The minimum atomic E-state index is -1.01. The summed E-state index contributed by atoms with van der Waals surface area (Å²) < 4.78 is 5.89. The van der Waals surface area contributed by atoms with Gasteiger partial charge in [0.1, 0.15) is 18.4 Å². The van der Waals surface area contributed by atoms with Gasteiger partial charge in [-0.1, -0.05) is 67.9 Å². The molecule has 204 valence electrons. The molecule has 1 saturated carbocycles. The van der Waals surface area contributed by atoms with E-state index in [9.17, 15) is 19.5 Å². The third-order valence-corrected chi connectivity index (χ3v) is 7.09. The number of carbonyl (C=O) groups excluding carboxylic acids is 2. The molecule has 1 aliphatic rings. The lowest BCUT2D eigenvalue weighted by Crippen LogP contribution is -2.41. The van der Waals surface area contributed by atoms with Gasteiger partial charge in [-0.3, -0.25) is 9.59 Å². The standard InChI is InChI=1S/C32H36N2O5/c1-2-19-34(31(36)25-11-8-12-25)20-21-39-26-17-15-23(16-18-26)22-29(32(37)38)33-28-14-7-6-13-27(28)30(35)24-9-4-3-5-10-24/h3-7,9-10,13-18,25,29,33H,2,8,11-12,19-22H2,1H3,(H,37,38)/t29-/m0/s1. The fourth-order valence-electron chi connectivity index (χ4n) is 4.69. The number of nitrogens with zero attached hydrogens (tertiary/aromatic N) is 1. The molecule has 0 saturated heterocycles. The normalized spacial score (nSPS) is 13.7. The molecular formula is C32H36N2O5. The van der Waals surface area contributed by atoms with Crippen LogP contribution in [0.15, 0.2) is 78.9 Å². The van der Waals surface area contributed by atoms with Gasteiger partial charge in [0, 0.05) is 35.7 Å². The van der Waals surface area contributed by atoms with Crippen LogP contribution in [0.25, 0.3) is 0 Å². The highest BCUT2D eigenvalue weighted by molar-refractivity contribution is 6.12. The van der Waals surface area contributed by atoms with Gasteiger partial charge in [0.2, 0.25) is 5.91 Å². The van der Waals surface area contributed by atoms with Crippen molar-refractivity contribution >= 4 is 23.3 Å². The third kappa shape index (κ3) is 7.47. The molecule has 1 atom stereocenters. The summed E-state index contributed by atoms with van der Waals surface area (Å²) in [6.07, 6.45) is 4.25. The molecule has 2 N–H and O–H groups in total. The number of amides is 1. The number of hydrogen-bond acceptors (Lipinski definition) is 5. The Labute approximate surface area is 229 Å². The van der Waals surface area contributed by atoms with E-state index in [-0.39, 0.29) is 24.0 Å². The zero-order valence-corrected chi connectivity index (χ0v) is 22.3. The Morgan fingerprint density at radius 1 is 0.949 bits per heavy atom. The molecule has 3 aromatic rings. The molecule has 4 rings (SSSR count). The first-order valence-electron chi connectivity index (χ1n) is 13.6. The number of hydrogen-bond donors (Lipinski definition) is 2. The number of nitrogens with one attached hydrogen (secondary N) is 1. The molecule has 0 aromatic heterocycles. The Morgan fingerprint density at radius 2 is 1.64 bits per heavy atom. The van der Waals surface area contributed by atoms with Crippen molar-refractivity contribution in [1.82, 2.24) is 4.90 Å². The number of para-hydroxylation sites is 1. The molecule has 0 spiro atoms. The topological polar surface area (TPSA) is 95.9 Å². The Balaban J connectivity index is 1.35. The van der Waals surface area contributed by atoms with Gasteiger partial charge >= 0.3 is 5.97 Å². The Hall–Kier alpha value is -4.13. The van der Waals surface area contributed by atoms with Crippen molar-refractivity contribution in [3.8, 4) is 5.75 Å². The number of carboxylic acids is 1.